The van der Waals surface area contributed by atoms with Crippen molar-refractivity contribution in [3.8, 4) is 11.3 Å². The summed E-state index contributed by atoms with van der Waals surface area (Å²) in [6.07, 6.45) is 0.635. The Morgan fingerprint density at radius 2 is 1.84 bits per heavy atom. The van der Waals surface area contributed by atoms with Gasteiger partial charge < -0.3 is 5.32 Å². The Bertz CT molecular complexity index is 876. The minimum absolute atomic E-state index is 0.0582. The summed E-state index contributed by atoms with van der Waals surface area (Å²) in [5.41, 5.74) is 2.31. The minimum Gasteiger partial charge on any atom is -0.352 e. The van der Waals surface area contributed by atoms with Gasteiger partial charge in [-0.25, -0.2) is 4.98 Å². The van der Waals surface area contributed by atoms with Gasteiger partial charge in [0.15, 0.2) is 0 Å². The molecule has 0 aliphatic heterocycles. The second-order valence-corrected chi connectivity index (χ2v) is 6.25. The van der Waals surface area contributed by atoms with Crippen molar-refractivity contribution in [2.45, 2.75) is 6.42 Å². The summed E-state index contributed by atoms with van der Waals surface area (Å²) >= 11 is 1.51. The lowest BCUT2D eigenvalue weighted by atomic mass is 10.1. The van der Waals surface area contributed by atoms with Gasteiger partial charge >= 0.3 is 0 Å². The molecule has 0 spiro atoms. The lowest BCUT2D eigenvalue weighted by Gasteiger charge is -2.03. The van der Waals surface area contributed by atoms with Crippen LogP contribution in [0, 0.1) is 10.1 Å². The van der Waals surface area contributed by atoms with Gasteiger partial charge in [-0.2, -0.15) is 0 Å². The molecule has 7 heteroatoms. The van der Waals surface area contributed by atoms with Crippen molar-refractivity contribution in [3.05, 3.63) is 80.7 Å². The largest absolute Gasteiger partial charge is 0.352 e. The lowest BCUT2D eigenvalue weighted by molar-refractivity contribution is -0.384. The summed E-state index contributed by atoms with van der Waals surface area (Å²) in [4.78, 5) is 26.7. The highest BCUT2D eigenvalue weighted by Gasteiger charge is 2.09. The Morgan fingerprint density at radius 3 is 2.52 bits per heavy atom. The molecule has 126 valence electrons. The van der Waals surface area contributed by atoms with Crippen LogP contribution in [0.25, 0.3) is 11.3 Å². The molecule has 0 saturated carbocycles. The van der Waals surface area contributed by atoms with Crippen molar-refractivity contribution in [2.75, 3.05) is 6.54 Å². The maximum Gasteiger partial charge on any atom is 0.269 e. The third-order valence-electron chi connectivity index (χ3n) is 3.59. The fraction of sp³-hybridized carbons (Fsp3) is 0.111. The zero-order valence-corrected chi connectivity index (χ0v) is 14.0. The van der Waals surface area contributed by atoms with E-state index >= 15 is 0 Å². The lowest BCUT2D eigenvalue weighted by Crippen LogP contribution is -2.25. The minimum atomic E-state index is -0.425. The third-order valence-corrected chi connectivity index (χ3v) is 4.49. The van der Waals surface area contributed by atoms with E-state index in [-0.39, 0.29) is 11.6 Å². The average molecular weight is 353 g/mol. The number of nitro groups is 1. The summed E-state index contributed by atoms with van der Waals surface area (Å²) in [6.45, 7) is 0.501. The number of benzene rings is 2. The van der Waals surface area contributed by atoms with E-state index in [0.29, 0.717) is 18.5 Å². The van der Waals surface area contributed by atoms with Crippen LogP contribution in [0.4, 0.5) is 5.69 Å². The van der Waals surface area contributed by atoms with Crippen molar-refractivity contribution < 1.29 is 9.72 Å². The zero-order chi connectivity index (χ0) is 17.6. The summed E-state index contributed by atoms with van der Waals surface area (Å²) in [6, 6.07) is 15.4. The van der Waals surface area contributed by atoms with Crippen LogP contribution >= 0.6 is 11.3 Å². The Balaban J connectivity index is 1.57. The van der Waals surface area contributed by atoms with Gasteiger partial charge in [0.2, 0.25) is 0 Å². The second kappa shape index (κ2) is 7.67. The molecular formula is C18H15N3O3S. The SMILES string of the molecule is O=C(NCCc1nc(-c2ccc([N+](=O)[O-])cc2)cs1)c1ccccc1. The van der Waals surface area contributed by atoms with E-state index in [0.717, 1.165) is 16.3 Å². The predicted molar refractivity (Wildman–Crippen MR) is 96.7 cm³/mol. The molecule has 1 N–H and O–H groups in total. The van der Waals surface area contributed by atoms with Crippen molar-refractivity contribution in [1.82, 2.24) is 10.3 Å². The summed E-state index contributed by atoms with van der Waals surface area (Å²) in [5.74, 6) is -0.104. The molecule has 0 fully saturated rings. The predicted octanol–water partition coefficient (Wildman–Crippen LogP) is 3.69. The van der Waals surface area contributed by atoms with Crippen LogP contribution in [-0.2, 0) is 6.42 Å². The van der Waals surface area contributed by atoms with E-state index in [4.69, 9.17) is 0 Å². The van der Waals surface area contributed by atoms with Gasteiger partial charge in [-0.05, 0) is 24.3 Å². The fourth-order valence-electron chi connectivity index (χ4n) is 2.29. The molecule has 1 aromatic heterocycles. The molecule has 3 rings (SSSR count). The van der Waals surface area contributed by atoms with Crippen molar-refractivity contribution >= 4 is 22.9 Å². The molecule has 0 aliphatic carbocycles. The van der Waals surface area contributed by atoms with Crippen LogP contribution in [0.2, 0.25) is 0 Å². The maximum atomic E-state index is 12.0. The Hall–Kier alpha value is -3.06. The summed E-state index contributed by atoms with van der Waals surface area (Å²) in [5, 5.41) is 16.4. The number of rotatable bonds is 6. The highest BCUT2D eigenvalue weighted by atomic mass is 32.1. The standard InChI is InChI=1S/C18H15N3O3S/c22-18(14-4-2-1-3-5-14)19-11-10-17-20-16(12-25-17)13-6-8-15(9-7-13)21(23)24/h1-9,12H,10-11H2,(H,19,22). The van der Waals surface area contributed by atoms with Crippen LogP contribution in [0.15, 0.2) is 60.0 Å². The van der Waals surface area contributed by atoms with Crippen LogP contribution in [0.3, 0.4) is 0 Å². The van der Waals surface area contributed by atoms with Crippen molar-refractivity contribution in [1.29, 1.82) is 0 Å². The van der Waals surface area contributed by atoms with Gasteiger partial charge in [0, 0.05) is 41.6 Å². The number of carbonyl (C=O) groups excluding carboxylic acids is 1. The number of nitrogens with zero attached hydrogens (tertiary/aromatic N) is 2. The fourth-order valence-corrected chi connectivity index (χ4v) is 3.09. The topological polar surface area (TPSA) is 85.1 Å². The number of nitrogens with one attached hydrogen (secondary N) is 1. The first kappa shape index (κ1) is 16.8. The Kier molecular flexibility index (Phi) is 5.15. The first-order valence-corrected chi connectivity index (χ1v) is 8.54. The number of thiazole rings is 1. The first-order chi connectivity index (χ1) is 12.1. The first-order valence-electron chi connectivity index (χ1n) is 7.66. The monoisotopic (exact) mass is 353 g/mol. The van der Waals surface area contributed by atoms with Gasteiger partial charge in [-0.3, -0.25) is 14.9 Å². The smallest absolute Gasteiger partial charge is 0.269 e. The quantitative estimate of drug-likeness (QED) is 0.541. The zero-order valence-electron chi connectivity index (χ0n) is 13.2. The van der Waals surface area contributed by atoms with E-state index in [1.807, 2.05) is 23.6 Å². The van der Waals surface area contributed by atoms with E-state index in [2.05, 4.69) is 10.3 Å². The van der Waals surface area contributed by atoms with Crippen LogP contribution in [0.5, 0.6) is 0 Å². The number of nitro benzene ring substituents is 1. The Morgan fingerprint density at radius 1 is 1.12 bits per heavy atom. The summed E-state index contributed by atoms with van der Waals surface area (Å²) in [7, 11) is 0. The van der Waals surface area contributed by atoms with E-state index in [1.54, 1.807) is 24.3 Å². The van der Waals surface area contributed by atoms with E-state index in [1.165, 1.54) is 23.5 Å². The highest BCUT2D eigenvalue weighted by molar-refractivity contribution is 7.09. The molecule has 6 nitrogen and oxygen atoms in total. The third kappa shape index (κ3) is 4.27. The molecule has 0 atom stereocenters. The molecule has 0 aliphatic rings. The molecule has 0 radical (unpaired) electrons. The van der Waals surface area contributed by atoms with Gasteiger partial charge in [-0.15, -0.1) is 11.3 Å². The normalized spacial score (nSPS) is 10.4. The highest BCUT2D eigenvalue weighted by Crippen LogP contribution is 2.24. The molecule has 1 heterocycles. The number of carbonyl (C=O) groups is 1. The average Bonchev–Trinajstić information content (AvgIpc) is 3.11. The van der Waals surface area contributed by atoms with Crippen molar-refractivity contribution in [2.24, 2.45) is 0 Å². The molecule has 0 saturated heterocycles. The Labute approximate surface area is 148 Å². The van der Waals surface area contributed by atoms with E-state index < -0.39 is 4.92 Å². The molecule has 3 aromatic rings. The second-order valence-electron chi connectivity index (χ2n) is 5.30. The van der Waals surface area contributed by atoms with Gasteiger partial charge in [0.05, 0.1) is 15.6 Å². The molecule has 2 aromatic carbocycles. The molecule has 0 bridgehead atoms. The van der Waals surface area contributed by atoms with E-state index in [9.17, 15) is 14.9 Å². The molecule has 1 amide bonds. The van der Waals surface area contributed by atoms with Gasteiger partial charge in [0.1, 0.15) is 0 Å². The maximum absolute atomic E-state index is 12.0. The number of non-ortho nitro benzene ring substituents is 1. The van der Waals surface area contributed by atoms with Crippen LogP contribution in [0.1, 0.15) is 15.4 Å². The van der Waals surface area contributed by atoms with Crippen LogP contribution < -0.4 is 5.32 Å². The number of hydrogen-bond acceptors (Lipinski definition) is 5. The van der Waals surface area contributed by atoms with Gasteiger partial charge in [-0.1, -0.05) is 18.2 Å². The summed E-state index contributed by atoms with van der Waals surface area (Å²) < 4.78 is 0. The molecule has 0 unspecified atom stereocenters. The number of amides is 1. The number of aromatic nitrogens is 1. The van der Waals surface area contributed by atoms with Gasteiger partial charge in [0.25, 0.3) is 11.6 Å². The van der Waals surface area contributed by atoms with Crippen molar-refractivity contribution in [3.63, 3.8) is 0 Å². The molecular weight excluding hydrogens is 338 g/mol. The van der Waals surface area contributed by atoms with Crippen LogP contribution in [-0.4, -0.2) is 22.4 Å². The molecule has 25 heavy (non-hydrogen) atoms. The number of hydrogen-bond donors (Lipinski definition) is 1.